The molecule has 0 amide bonds. The van der Waals surface area contributed by atoms with E-state index in [4.69, 9.17) is 5.11 Å². The lowest BCUT2D eigenvalue weighted by molar-refractivity contribution is 0.470. The molecular weight excluding hydrogens is 112 g/mol. The van der Waals surface area contributed by atoms with Gasteiger partial charge in [-0.05, 0) is 30.0 Å². The smallest absolute Gasteiger partial charge is 0.118 e. The van der Waals surface area contributed by atoms with Gasteiger partial charge in [0.2, 0.25) is 0 Å². The maximum Gasteiger partial charge on any atom is 0.118 e. The Hall–Kier alpha value is -0.980. The molecule has 1 aromatic carbocycles. The Morgan fingerprint density at radius 1 is 1.22 bits per heavy atom. The highest BCUT2D eigenvalue weighted by molar-refractivity contribution is 5.40. The minimum Gasteiger partial charge on any atom is -0.508 e. The third-order valence-electron chi connectivity index (χ3n) is 1.83. The van der Waals surface area contributed by atoms with Crippen molar-refractivity contribution in [3.05, 3.63) is 29.3 Å². The molecule has 46 valence electrons. The van der Waals surface area contributed by atoms with Crippen LogP contribution in [0.3, 0.4) is 0 Å². The quantitative estimate of drug-likeness (QED) is 0.550. The molecule has 1 aromatic rings. The van der Waals surface area contributed by atoms with E-state index in [9.17, 15) is 0 Å². The van der Waals surface area contributed by atoms with Gasteiger partial charge in [0.05, 0.1) is 0 Å². The topological polar surface area (TPSA) is 20.2 Å². The summed E-state index contributed by atoms with van der Waals surface area (Å²) in [5.74, 6) is 0.455. The lowest BCUT2D eigenvalue weighted by Crippen LogP contribution is -1.74. The molecule has 9 heavy (non-hydrogen) atoms. The Bertz CT molecular complexity index is 240. The van der Waals surface area contributed by atoms with Gasteiger partial charge in [0.15, 0.2) is 0 Å². The number of aromatic hydroxyl groups is 1. The molecule has 1 N–H and O–H groups in total. The fourth-order valence-corrected chi connectivity index (χ4v) is 1.27. The number of fused-ring (bicyclic) bond motifs is 2. The van der Waals surface area contributed by atoms with Crippen LogP contribution in [0.2, 0.25) is 0 Å². The van der Waals surface area contributed by atoms with Crippen LogP contribution < -0.4 is 0 Å². The van der Waals surface area contributed by atoms with E-state index in [2.05, 4.69) is 6.07 Å². The van der Waals surface area contributed by atoms with Gasteiger partial charge in [-0.15, -0.1) is 0 Å². The highest BCUT2D eigenvalue weighted by Gasteiger charge is 2.09. The van der Waals surface area contributed by atoms with Crippen molar-refractivity contribution >= 4 is 0 Å². The van der Waals surface area contributed by atoms with E-state index in [1.165, 1.54) is 5.56 Å². The van der Waals surface area contributed by atoms with Crippen molar-refractivity contribution in [3.8, 4) is 5.75 Å². The SMILES string of the molecule is Oc1ccc2cc1CC2. The van der Waals surface area contributed by atoms with E-state index >= 15 is 0 Å². The zero-order chi connectivity index (χ0) is 6.27. The fraction of sp³-hybridized carbons (Fsp3) is 0.250. The van der Waals surface area contributed by atoms with E-state index in [0.29, 0.717) is 5.75 Å². The van der Waals surface area contributed by atoms with Gasteiger partial charge in [-0.25, -0.2) is 0 Å². The molecule has 0 unspecified atom stereocenters. The zero-order valence-electron chi connectivity index (χ0n) is 5.09. The second-order valence-corrected chi connectivity index (χ2v) is 2.46. The predicted molar refractivity (Wildman–Crippen MR) is 35.5 cm³/mol. The first kappa shape index (κ1) is 4.86. The monoisotopic (exact) mass is 120 g/mol. The molecule has 0 aliphatic heterocycles. The van der Waals surface area contributed by atoms with Crippen molar-refractivity contribution in [2.45, 2.75) is 12.8 Å². The summed E-state index contributed by atoms with van der Waals surface area (Å²) in [4.78, 5) is 0. The highest BCUT2D eigenvalue weighted by atomic mass is 16.3. The maximum absolute atomic E-state index is 9.14. The molecule has 0 fully saturated rings. The Kier molecular flexibility index (Phi) is 0.810. The normalized spacial score (nSPS) is 14.2. The fourth-order valence-electron chi connectivity index (χ4n) is 1.27. The van der Waals surface area contributed by atoms with Crippen LogP contribution >= 0.6 is 0 Å². The van der Waals surface area contributed by atoms with Crippen LogP contribution in [0, 0.1) is 0 Å². The van der Waals surface area contributed by atoms with Crippen LogP contribution in [0.1, 0.15) is 11.1 Å². The van der Waals surface area contributed by atoms with E-state index in [-0.39, 0.29) is 0 Å². The molecule has 2 rings (SSSR count). The molecule has 2 bridgehead atoms. The number of benzene rings is 1. The number of hydrogen-bond donors (Lipinski definition) is 1. The number of rotatable bonds is 0. The van der Waals surface area contributed by atoms with Gasteiger partial charge in [-0.2, -0.15) is 0 Å². The Morgan fingerprint density at radius 2 is 2.11 bits per heavy atom. The average molecular weight is 120 g/mol. The van der Waals surface area contributed by atoms with Crippen LogP contribution in [0.4, 0.5) is 0 Å². The van der Waals surface area contributed by atoms with E-state index in [1.54, 1.807) is 6.07 Å². The van der Waals surface area contributed by atoms with E-state index in [0.717, 1.165) is 18.4 Å². The van der Waals surface area contributed by atoms with Crippen molar-refractivity contribution in [2.75, 3.05) is 0 Å². The van der Waals surface area contributed by atoms with Crippen molar-refractivity contribution in [3.63, 3.8) is 0 Å². The van der Waals surface area contributed by atoms with Crippen LogP contribution in [-0.4, -0.2) is 5.11 Å². The summed E-state index contributed by atoms with van der Waals surface area (Å²) in [5, 5.41) is 9.14. The van der Waals surface area contributed by atoms with Gasteiger partial charge in [0, 0.05) is 0 Å². The molecule has 0 atom stereocenters. The molecule has 1 aliphatic carbocycles. The number of phenols is 1. The first-order valence-electron chi connectivity index (χ1n) is 3.17. The zero-order valence-corrected chi connectivity index (χ0v) is 5.09. The molecule has 1 nitrogen and oxygen atoms in total. The largest absolute Gasteiger partial charge is 0.508 e. The Morgan fingerprint density at radius 3 is 2.89 bits per heavy atom. The second kappa shape index (κ2) is 1.50. The highest BCUT2D eigenvalue weighted by Crippen LogP contribution is 2.25. The van der Waals surface area contributed by atoms with Crippen LogP contribution in [0.5, 0.6) is 5.75 Å². The molecule has 0 heterocycles. The third-order valence-corrected chi connectivity index (χ3v) is 1.83. The number of aryl methyl sites for hydroxylation is 2. The summed E-state index contributed by atoms with van der Waals surface area (Å²) in [6.45, 7) is 0. The molecule has 0 aromatic heterocycles. The summed E-state index contributed by atoms with van der Waals surface area (Å²) < 4.78 is 0. The predicted octanol–water partition coefficient (Wildman–Crippen LogP) is 1.49. The van der Waals surface area contributed by atoms with Crippen LogP contribution in [0.25, 0.3) is 0 Å². The lowest BCUT2D eigenvalue weighted by atomic mass is 10.2. The van der Waals surface area contributed by atoms with Gasteiger partial charge < -0.3 is 5.11 Å². The summed E-state index contributed by atoms with van der Waals surface area (Å²) in [7, 11) is 0. The molecule has 0 spiro atoms. The summed E-state index contributed by atoms with van der Waals surface area (Å²) in [6.07, 6.45) is 2.13. The van der Waals surface area contributed by atoms with E-state index in [1.807, 2.05) is 6.07 Å². The molecule has 1 heteroatoms. The summed E-state index contributed by atoms with van der Waals surface area (Å²) in [5.41, 5.74) is 2.45. The molecule has 0 saturated heterocycles. The minimum atomic E-state index is 0.455. The molecule has 0 saturated carbocycles. The lowest BCUT2D eigenvalue weighted by Gasteiger charge is -1.91. The first-order valence-corrected chi connectivity index (χ1v) is 3.17. The molecule has 1 aliphatic rings. The standard InChI is InChI=1S/C8H8O/c9-8-4-2-6-1-3-7(8)5-6/h2,4-5,9H,1,3H2. The first-order chi connectivity index (χ1) is 4.36. The van der Waals surface area contributed by atoms with Crippen LogP contribution in [-0.2, 0) is 12.8 Å². The second-order valence-electron chi connectivity index (χ2n) is 2.46. The van der Waals surface area contributed by atoms with Crippen molar-refractivity contribution in [1.82, 2.24) is 0 Å². The average Bonchev–Trinajstić information content (AvgIpc) is 2.25. The van der Waals surface area contributed by atoms with Gasteiger partial charge in [0.1, 0.15) is 5.75 Å². The van der Waals surface area contributed by atoms with E-state index < -0.39 is 0 Å². The Labute approximate surface area is 53.9 Å². The van der Waals surface area contributed by atoms with Crippen molar-refractivity contribution in [2.24, 2.45) is 0 Å². The van der Waals surface area contributed by atoms with Gasteiger partial charge in [-0.3, -0.25) is 0 Å². The molecular formula is C8H8O. The van der Waals surface area contributed by atoms with Crippen molar-refractivity contribution < 1.29 is 5.11 Å². The van der Waals surface area contributed by atoms with Crippen LogP contribution in [0.15, 0.2) is 18.2 Å². The number of hydrogen-bond acceptors (Lipinski definition) is 1. The number of phenolic OH excluding ortho intramolecular Hbond substituents is 1. The third kappa shape index (κ3) is 0.611. The molecule has 0 radical (unpaired) electrons. The van der Waals surface area contributed by atoms with Gasteiger partial charge >= 0.3 is 0 Å². The van der Waals surface area contributed by atoms with Gasteiger partial charge in [0.25, 0.3) is 0 Å². The maximum atomic E-state index is 9.14. The minimum absolute atomic E-state index is 0.455. The van der Waals surface area contributed by atoms with Gasteiger partial charge in [-0.1, -0.05) is 12.1 Å². The van der Waals surface area contributed by atoms with Crippen molar-refractivity contribution in [1.29, 1.82) is 0 Å². The summed E-state index contributed by atoms with van der Waals surface area (Å²) >= 11 is 0. The summed E-state index contributed by atoms with van der Waals surface area (Å²) in [6, 6.07) is 5.82. The Balaban J connectivity index is 2.65.